The number of amides is 1. The van der Waals surface area contributed by atoms with Crippen LogP contribution in [0.25, 0.3) is 11.0 Å². The van der Waals surface area contributed by atoms with Crippen LogP contribution in [0.4, 0.5) is 0 Å². The van der Waals surface area contributed by atoms with Gasteiger partial charge in [-0.3, -0.25) is 9.59 Å². The van der Waals surface area contributed by atoms with Crippen molar-refractivity contribution >= 4 is 22.9 Å². The van der Waals surface area contributed by atoms with Crippen LogP contribution in [0.2, 0.25) is 0 Å². The van der Waals surface area contributed by atoms with Crippen molar-refractivity contribution in [3.8, 4) is 0 Å². The standard InChI is InChI=1S/C17H17N3O4/c1-11(18-17(22)14-8-5-9-24-14)16-19-12-6-3-4-7-13(12)20(16)10-15(21)23-2/h3-9,11H,10H2,1-2H3,(H,18,22)/t11-/m0/s1. The van der Waals surface area contributed by atoms with Crippen molar-refractivity contribution in [2.45, 2.75) is 19.5 Å². The van der Waals surface area contributed by atoms with Crippen LogP contribution in [0.1, 0.15) is 29.3 Å². The molecule has 1 amide bonds. The van der Waals surface area contributed by atoms with Crippen molar-refractivity contribution in [3.05, 3.63) is 54.2 Å². The zero-order chi connectivity index (χ0) is 17.1. The predicted molar refractivity (Wildman–Crippen MR) is 86.3 cm³/mol. The van der Waals surface area contributed by atoms with E-state index in [2.05, 4.69) is 10.3 Å². The molecule has 1 atom stereocenters. The highest BCUT2D eigenvalue weighted by atomic mass is 16.5. The summed E-state index contributed by atoms with van der Waals surface area (Å²) in [6.07, 6.45) is 1.44. The molecule has 0 saturated carbocycles. The molecule has 0 radical (unpaired) electrons. The topological polar surface area (TPSA) is 86.4 Å². The number of nitrogens with zero attached hydrogens (tertiary/aromatic N) is 2. The highest BCUT2D eigenvalue weighted by molar-refractivity contribution is 5.91. The van der Waals surface area contributed by atoms with Crippen molar-refractivity contribution in [1.82, 2.24) is 14.9 Å². The van der Waals surface area contributed by atoms with Crippen LogP contribution in [0.5, 0.6) is 0 Å². The second kappa shape index (κ2) is 6.57. The third-order valence-corrected chi connectivity index (χ3v) is 3.68. The smallest absolute Gasteiger partial charge is 0.325 e. The van der Waals surface area contributed by atoms with E-state index in [9.17, 15) is 9.59 Å². The van der Waals surface area contributed by atoms with E-state index in [1.807, 2.05) is 24.3 Å². The number of aromatic nitrogens is 2. The van der Waals surface area contributed by atoms with Gasteiger partial charge in [0.1, 0.15) is 12.4 Å². The number of hydrogen-bond donors (Lipinski definition) is 1. The number of imidazole rings is 1. The molecule has 1 aromatic carbocycles. The van der Waals surface area contributed by atoms with Gasteiger partial charge in [-0.05, 0) is 31.2 Å². The first kappa shape index (κ1) is 15.8. The first-order valence-electron chi connectivity index (χ1n) is 7.46. The van der Waals surface area contributed by atoms with Crippen LogP contribution in [-0.4, -0.2) is 28.5 Å². The molecule has 7 heteroatoms. The van der Waals surface area contributed by atoms with Gasteiger partial charge in [-0.15, -0.1) is 0 Å². The predicted octanol–water partition coefficient (Wildman–Crippen LogP) is 2.29. The lowest BCUT2D eigenvalue weighted by Gasteiger charge is -2.15. The molecule has 0 aliphatic heterocycles. The zero-order valence-corrected chi connectivity index (χ0v) is 13.4. The number of benzene rings is 1. The minimum absolute atomic E-state index is 0.0211. The fraction of sp³-hybridized carbons (Fsp3) is 0.235. The maximum absolute atomic E-state index is 12.2. The average molecular weight is 327 g/mol. The third kappa shape index (κ3) is 3.01. The lowest BCUT2D eigenvalue weighted by Crippen LogP contribution is -2.29. The van der Waals surface area contributed by atoms with Crippen molar-refractivity contribution < 1.29 is 18.7 Å². The Labute approximate surface area is 138 Å². The Morgan fingerprint density at radius 3 is 2.79 bits per heavy atom. The Morgan fingerprint density at radius 2 is 2.08 bits per heavy atom. The normalized spacial score (nSPS) is 12.1. The summed E-state index contributed by atoms with van der Waals surface area (Å²) in [4.78, 5) is 28.4. The van der Waals surface area contributed by atoms with Crippen LogP contribution < -0.4 is 5.32 Å². The molecule has 0 aliphatic carbocycles. The Hall–Kier alpha value is -3.09. The maximum atomic E-state index is 12.2. The fourth-order valence-corrected chi connectivity index (χ4v) is 2.52. The fourth-order valence-electron chi connectivity index (χ4n) is 2.52. The van der Waals surface area contributed by atoms with Crippen molar-refractivity contribution in [1.29, 1.82) is 0 Å². The van der Waals surface area contributed by atoms with Crippen LogP contribution in [0.3, 0.4) is 0 Å². The van der Waals surface area contributed by atoms with E-state index < -0.39 is 6.04 Å². The summed E-state index contributed by atoms with van der Waals surface area (Å²) in [6, 6.07) is 10.3. The molecular weight excluding hydrogens is 310 g/mol. The molecule has 0 unspecified atom stereocenters. The Morgan fingerprint density at radius 1 is 1.29 bits per heavy atom. The quantitative estimate of drug-likeness (QED) is 0.727. The molecule has 3 aromatic rings. The number of fused-ring (bicyclic) bond motifs is 1. The number of methoxy groups -OCH3 is 1. The second-order valence-corrected chi connectivity index (χ2v) is 5.29. The van der Waals surface area contributed by atoms with E-state index in [1.54, 1.807) is 23.6 Å². The number of carbonyl (C=O) groups excluding carboxylic acids is 2. The molecule has 124 valence electrons. The lowest BCUT2D eigenvalue weighted by atomic mass is 10.3. The summed E-state index contributed by atoms with van der Waals surface area (Å²) in [7, 11) is 1.34. The highest BCUT2D eigenvalue weighted by Crippen LogP contribution is 2.21. The first-order chi connectivity index (χ1) is 11.6. The number of esters is 1. The van der Waals surface area contributed by atoms with Gasteiger partial charge in [0.2, 0.25) is 0 Å². The molecule has 0 bridgehead atoms. The minimum Gasteiger partial charge on any atom is -0.468 e. The molecule has 1 N–H and O–H groups in total. The number of carbonyl (C=O) groups is 2. The number of hydrogen-bond acceptors (Lipinski definition) is 5. The molecule has 0 fully saturated rings. The average Bonchev–Trinajstić information content (AvgIpc) is 3.23. The van der Waals surface area contributed by atoms with Gasteiger partial charge in [0.25, 0.3) is 5.91 Å². The summed E-state index contributed by atoms with van der Waals surface area (Å²) < 4.78 is 11.6. The van der Waals surface area contributed by atoms with Crippen LogP contribution in [0.15, 0.2) is 47.1 Å². The van der Waals surface area contributed by atoms with Gasteiger partial charge in [-0.2, -0.15) is 0 Å². The van der Waals surface area contributed by atoms with E-state index in [0.29, 0.717) is 5.82 Å². The molecule has 0 aliphatic rings. The number of nitrogens with one attached hydrogen (secondary N) is 1. The van der Waals surface area contributed by atoms with Crippen LogP contribution in [-0.2, 0) is 16.1 Å². The van der Waals surface area contributed by atoms with Crippen molar-refractivity contribution in [3.63, 3.8) is 0 Å². The maximum Gasteiger partial charge on any atom is 0.325 e. The molecule has 3 rings (SSSR count). The monoisotopic (exact) mass is 327 g/mol. The summed E-state index contributed by atoms with van der Waals surface area (Å²) in [5.74, 6) is 0.0622. The summed E-state index contributed by atoms with van der Waals surface area (Å²) in [5, 5.41) is 2.82. The SMILES string of the molecule is COC(=O)Cn1c([C@H](C)NC(=O)c2ccco2)nc2ccccc21. The Kier molecular flexibility index (Phi) is 4.33. The number of ether oxygens (including phenoxy) is 1. The van der Waals surface area contributed by atoms with Gasteiger partial charge in [-0.1, -0.05) is 12.1 Å². The summed E-state index contributed by atoms with van der Waals surface area (Å²) in [6.45, 7) is 1.82. The Bertz CT molecular complexity index is 867. The van der Waals surface area contributed by atoms with Crippen molar-refractivity contribution in [2.24, 2.45) is 0 Å². The molecule has 24 heavy (non-hydrogen) atoms. The second-order valence-electron chi connectivity index (χ2n) is 5.29. The van der Waals surface area contributed by atoms with E-state index in [-0.39, 0.29) is 24.2 Å². The molecular formula is C17H17N3O4. The van der Waals surface area contributed by atoms with Crippen LogP contribution >= 0.6 is 0 Å². The third-order valence-electron chi connectivity index (χ3n) is 3.68. The molecule has 0 saturated heterocycles. The van der Waals surface area contributed by atoms with Gasteiger partial charge in [0, 0.05) is 0 Å². The largest absolute Gasteiger partial charge is 0.468 e. The zero-order valence-electron chi connectivity index (χ0n) is 13.4. The van der Waals surface area contributed by atoms with Gasteiger partial charge < -0.3 is 19.0 Å². The highest BCUT2D eigenvalue weighted by Gasteiger charge is 2.21. The number of furan rings is 1. The van der Waals surface area contributed by atoms with E-state index in [1.165, 1.54) is 13.4 Å². The van der Waals surface area contributed by atoms with E-state index >= 15 is 0 Å². The molecule has 2 aromatic heterocycles. The lowest BCUT2D eigenvalue weighted by molar-refractivity contribution is -0.141. The van der Waals surface area contributed by atoms with Gasteiger partial charge in [-0.25, -0.2) is 4.98 Å². The molecule has 7 nitrogen and oxygen atoms in total. The molecule has 2 heterocycles. The van der Waals surface area contributed by atoms with Gasteiger partial charge in [0.15, 0.2) is 5.76 Å². The first-order valence-corrected chi connectivity index (χ1v) is 7.46. The van der Waals surface area contributed by atoms with E-state index in [4.69, 9.17) is 9.15 Å². The van der Waals surface area contributed by atoms with Gasteiger partial charge in [0.05, 0.1) is 30.4 Å². The number of rotatable bonds is 5. The van der Waals surface area contributed by atoms with Crippen molar-refractivity contribution in [2.75, 3.05) is 7.11 Å². The molecule has 0 spiro atoms. The van der Waals surface area contributed by atoms with Gasteiger partial charge >= 0.3 is 5.97 Å². The number of para-hydroxylation sites is 2. The minimum atomic E-state index is -0.417. The Balaban J connectivity index is 1.93. The van der Waals surface area contributed by atoms with Crippen LogP contribution in [0, 0.1) is 0 Å². The summed E-state index contributed by atoms with van der Waals surface area (Å²) >= 11 is 0. The van der Waals surface area contributed by atoms with E-state index in [0.717, 1.165) is 11.0 Å². The summed E-state index contributed by atoms with van der Waals surface area (Å²) in [5.41, 5.74) is 1.55.